The summed E-state index contributed by atoms with van der Waals surface area (Å²) in [6.07, 6.45) is 4.23. The zero-order valence-electron chi connectivity index (χ0n) is 25.0. The number of fused-ring (bicyclic) bond motifs is 1. The van der Waals surface area contributed by atoms with Gasteiger partial charge in [0, 0.05) is 0 Å². The minimum Gasteiger partial charge on any atom is -0.508 e. The average molecular weight is 603 g/mol. The van der Waals surface area contributed by atoms with E-state index in [1.54, 1.807) is 12.1 Å². The summed E-state index contributed by atoms with van der Waals surface area (Å²) in [5.74, 6) is 0.276. The highest BCUT2D eigenvalue weighted by Crippen LogP contribution is 2.41. The Labute approximate surface area is 252 Å². The third-order valence-corrected chi connectivity index (χ3v) is 15.7. The number of hydrogen-bond donors (Lipinski definition) is 1. The van der Waals surface area contributed by atoms with Crippen LogP contribution in [0.1, 0.15) is 52.5 Å². The van der Waals surface area contributed by atoms with Gasteiger partial charge in [0.25, 0.3) is 8.32 Å². The van der Waals surface area contributed by atoms with Gasteiger partial charge in [0.2, 0.25) is 0 Å². The highest BCUT2D eigenvalue weighted by molar-refractivity contribution is 7.92. The number of sulfone groups is 1. The van der Waals surface area contributed by atoms with Crippen LogP contribution in [-0.4, -0.2) is 52.2 Å². The Balaban J connectivity index is 1.46. The summed E-state index contributed by atoms with van der Waals surface area (Å²) < 4.78 is 40.0. The number of hydrogen-bond acceptors (Lipinski definition) is 5. The number of rotatable bonds is 10. The molecule has 5 rings (SSSR count). The number of phenols is 1. The number of aromatic hydroxyl groups is 1. The molecule has 2 aliphatic heterocycles. The molecule has 0 aromatic heterocycles. The molecule has 3 aromatic carbocycles. The molecule has 2 atom stereocenters. The van der Waals surface area contributed by atoms with Gasteiger partial charge < -0.3 is 14.3 Å². The standard InChI is InChI=1S/C35H42O5SSi/c1-5-26(21-27-13-12-14-29(36)22-27)19-20-32-34-28(25-41(37,38)33(34)24-39-32)23-40-42(35(2,3)4,30-15-8-6-9-16-30)31-17-10-7-11-18-31/h6-18,21-22,32-33,36H,5,19-20,23-25H2,1-4H3/b26-21+/t32-,33+/m1/s1. The Bertz CT molecular complexity index is 1520. The van der Waals surface area contributed by atoms with E-state index in [1.807, 2.05) is 24.3 Å². The maximum Gasteiger partial charge on any atom is 0.261 e. The van der Waals surface area contributed by atoms with E-state index in [2.05, 4.69) is 82.3 Å². The van der Waals surface area contributed by atoms with E-state index in [4.69, 9.17) is 9.16 Å². The fraction of sp³-hybridized carbons (Fsp3) is 0.371. The molecule has 1 saturated heterocycles. The Kier molecular flexibility index (Phi) is 8.95. The zero-order valence-corrected chi connectivity index (χ0v) is 26.9. The topological polar surface area (TPSA) is 72.8 Å². The van der Waals surface area contributed by atoms with Gasteiger partial charge in [-0.05, 0) is 63.5 Å². The van der Waals surface area contributed by atoms with Crippen LogP contribution in [0.4, 0.5) is 0 Å². The molecule has 2 aliphatic rings. The summed E-state index contributed by atoms with van der Waals surface area (Å²) in [5.41, 5.74) is 3.98. The summed E-state index contributed by atoms with van der Waals surface area (Å²) in [6.45, 7) is 9.31. The molecule has 0 bridgehead atoms. The molecule has 5 nitrogen and oxygen atoms in total. The summed E-state index contributed by atoms with van der Waals surface area (Å²) in [4.78, 5) is 0. The van der Waals surface area contributed by atoms with Crippen LogP contribution >= 0.6 is 0 Å². The molecule has 0 radical (unpaired) electrons. The first kappa shape index (κ1) is 30.5. The summed E-state index contributed by atoms with van der Waals surface area (Å²) in [7, 11) is -6.16. The van der Waals surface area contributed by atoms with Gasteiger partial charge in [0.05, 0.1) is 25.1 Å². The van der Waals surface area contributed by atoms with Gasteiger partial charge in [-0.1, -0.05) is 112 Å². The van der Waals surface area contributed by atoms with Crippen molar-refractivity contribution >= 4 is 34.6 Å². The van der Waals surface area contributed by atoms with Crippen LogP contribution in [0.25, 0.3) is 6.08 Å². The second-order valence-corrected chi connectivity index (χ2v) is 18.9. The van der Waals surface area contributed by atoms with Crippen LogP contribution in [-0.2, 0) is 19.0 Å². The molecular weight excluding hydrogens is 561 g/mol. The Morgan fingerprint density at radius 3 is 2.21 bits per heavy atom. The minimum atomic E-state index is -3.34. The molecule has 1 N–H and O–H groups in total. The van der Waals surface area contributed by atoms with Gasteiger partial charge in [0.15, 0.2) is 9.84 Å². The monoisotopic (exact) mass is 602 g/mol. The lowest BCUT2D eigenvalue weighted by molar-refractivity contribution is 0.117. The van der Waals surface area contributed by atoms with Crippen molar-refractivity contribution in [3.8, 4) is 5.75 Å². The Hall–Kier alpha value is -2.97. The van der Waals surface area contributed by atoms with Crippen molar-refractivity contribution in [3.63, 3.8) is 0 Å². The highest BCUT2D eigenvalue weighted by Gasteiger charge is 2.52. The Morgan fingerprint density at radius 2 is 1.64 bits per heavy atom. The molecule has 2 heterocycles. The first-order chi connectivity index (χ1) is 20.0. The number of phenolic OH excluding ortho intramolecular Hbond substituents is 1. The zero-order chi connectivity index (χ0) is 30.0. The largest absolute Gasteiger partial charge is 0.508 e. The maximum atomic E-state index is 13.3. The van der Waals surface area contributed by atoms with Crippen molar-refractivity contribution in [2.45, 2.75) is 63.3 Å². The van der Waals surface area contributed by atoms with E-state index in [0.29, 0.717) is 6.42 Å². The van der Waals surface area contributed by atoms with Gasteiger partial charge in [-0.3, -0.25) is 0 Å². The van der Waals surface area contributed by atoms with Crippen molar-refractivity contribution in [1.82, 2.24) is 0 Å². The molecular formula is C35H42O5SSi. The van der Waals surface area contributed by atoms with Gasteiger partial charge in [-0.25, -0.2) is 8.42 Å². The maximum absolute atomic E-state index is 13.3. The molecule has 42 heavy (non-hydrogen) atoms. The summed E-state index contributed by atoms with van der Waals surface area (Å²) in [6, 6.07) is 28.1. The normalized spacial score (nSPS) is 20.6. The molecule has 0 unspecified atom stereocenters. The molecule has 0 saturated carbocycles. The first-order valence-electron chi connectivity index (χ1n) is 14.8. The summed E-state index contributed by atoms with van der Waals surface area (Å²) in [5, 5.41) is 11.4. The van der Waals surface area contributed by atoms with E-state index in [-0.39, 0.29) is 35.9 Å². The highest BCUT2D eigenvalue weighted by atomic mass is 32.2. The minimum absolute atomic E-state index is 0.0326. The quantitative estimate of drug-likeness (QED) is 0.227. The van der Waals surface area contributed by atoms with E-state index in [9.17, 15) is 13.5 Å². The van der Waals surface area contributed by atoms with Crippen LogP contribution in [0.3, 0.4) is 0 Å². The van der Waals surface area contributed by atoms with Crippen LogP contribution in [0, 0.1) is 0 Å². The molecule has 0 amide bonds. The fourth-order valence-corrected chi connectivity index (χ4v) is 13.1. The van der Waals surface area contributed by atoms with Gasteiger partial charge in [-0.2, -0.15) is 0 Å². The molecule has 3 aromatic rings. The van der Waals surface area contributed by atoms with Crippen molar-refractivity contribution in [1.29, 1.82) is 0 Å². The van der Waals surface area contributed by atoms with Crippen molar-refractivity contribution < 1.29 is 22.7 Å². The number of ether oxygens (including phenoxy) is 1. The molecule has 7 heteroatoms. The summed E-state index contributed by atoms with van der Waals surface area (Å²) >= 11 is 0. The van der Waals surface area contributed by atoms with Gasteiger partial charge in [0.1, 0.15) is 11.0 Å². The van der Waals surface area contributed by atoms with Crippen LogP contribution in [0.2, 0.25) is 5.04 Å². The molecule has 0 spiro atoms. The third-order valence-electron chi connectivity index (χ3n) is 8.66. The number of benzene rings is 3. The second kappa shape index (κ2) is 12.3. The molecule has 1 fully saturated rings. The van der Waals surface area contributed by atoms with Crippen molar-refractivity contribution in [2.24, 2.45) is 0 Å². The van der Waals surface area contributed by atoms with Gasteiger partial charge >= 0.3 is 0 Å². The third kappa shape index (κ3) is 6.06. The average Bonchev–Trinajstić information content (AvgIpc) is 3.51. The second-order valence-electron chi connectivity index (χ2n) is 12.4. The molecule has 0 aliphatic carbocycles. The Morgan fingerprint density at radius 1 is 1.00 bits per heavy atom. The molecule has 222 valence electrons. The first-order valence-corrected chi connectivity index (χ1v) is 18.5. The smallest absolute Gasteiger partial charge is 0.261 e. The van der Waals surface area contributed by atoms with E-state index in [1.165, 1.54) is 15.9 Å². The fourth-order valence-electron chi connectivity index (χ4n) is 6.61. The van der Waals surface area contributed by atoms with Crippen LogP contribution < -0.4 is 10.4 Å². The van der Waals surface area contributed by atoms with Crippen LogP contribution in [0.15, 0.2) is 102 Å². The van der Waals surface area contributed by atoms with E-state index in [0.717, 1.165) is 29.6 Å². The lowest BCUT2D eigenvalue weighted by Gasteiger charge is -2.43. The lowest BCUT2D eigenvalue weighted by Crippen LogP contribution is -2.66. The van der Waals surface area contributed by atoms with E-state index >= 15 is 0 Å². The predicted molar refractivity (Wildman–Crippen MR) is 174 cm³/mol. The van der Waals surface area contributed by atoms with Crippen molar-refractivity contribution in [2.75, 3.05) is 19.0 Å². The SMILES string of the molecule is CC/C(=C\c1cccc(O)c1)CC[C@H]1OC[C@H]2C1=C(CO[Si](c1ccccc1)(c1ccccc1)C(C)(C)C)CS2(=O)=O. The van der Waals surface area contributed by atoms with Crippen molar-refractivity contribution in [3.05, 3.63) is 107 Å². The number of allylic oxidation sites excluding steroid dienone is 1. The van der Waals surface area contributed by atoms with E-state index < -0.39 is 23.4 Å². The van der Waals surface area contributed by atoms with Crippen LogP contribution in [0.5, 0.6) is 5.75 Å². The predicted octanol–water partition coefficient (Wildman–Crippen LogP) is 6.03. The lowest BCUT2D eigenvalue weighted by atomic mass is 9.96. The van der Waals surface area contributed by atoms with Gasteiger partial charge in [-0.15, -0.1) is 0 Å².